The highest BCUT2D eigenvalue weighted by molar-refractivity contribution is 7.88. The minimum atomic E-state index is -3.17. The first-order valence-corrected chi connectivity index (χ1v) is 9.49. The Morgan fingerprint density at radius 1 is 1.00 bits per heavy atom. The normalized spacial score (nSPS) is 17.6. The van der Waals surface area contributed by atoms with E-state index in [1.54, 1.807) is 4.31 Å². The van der Waals surface area contributed by atoms with Gasteiger partial charge in [-0.05, 0) is 30.5 Å². The van der Waals surface area contributed by atoms with Crippen LogP contribution in [0.1, 0.15) is 43.7 Å². The second-order valence-corrected chi connectivity index (χ2v) is 7.64. The van der Waals surface area contributed by atoms with Crippen molar-refractivity contribution in [2.24, 2.45) is 0 Å². The average molecular weight is 310 g/mol. The zero-order chi connectivity index (χ0) is 15.1. The van der Waals surface area contributed by atoms with Gasteiger partial charge in [0.25, 0.3) is 0 Å². The molecule has 1 aliphatic rings. The van der Waals surface area contributed by atoms with Crippen molar-refractivity contribution in [1.82, 2.24) is 9.62 Å². The summed E-state index contributed by atoms with van der Waals surface area (Å²) in [5, 5.41) is 3.26. The first-order chi connectivity index (χ1) is 10.1. The van der Waals surface area contributed by atoms with Crippen molar-refractivity contribution in [2.45, 2.75) is 44.9 Å². The summed E-state index contributed by atoms with van der Waals surface area (Å²) in [4.78, 5) is 0. The van der Waals surface area contributed by atoms with E-state index in [9.17, 15) is 8.42 Å². The fraction of sp³-hybridized carbons (Fsp3) is 0.625. The molecule has 1 aromatic carbocycles. The minimum Gasteiger partial charge on any atom is -0.313 e. The van der Waals surface area contributed by atoms with Crippen molar-refractivity contribution in [2.75, 3.05) is 19.6 Å². The van der Waals surface area contributed by atoms with E-state index in [1.165, 1.54) is 5.56 Å². The molecule has 2 rings (SSSR count). The van der Waals surface area contributed by atoms with Gasteiger partial charge in [-0.3, -0.25) is 0 Å². The van der Waals surface area contributed by atoms with Gasteiger partial charge < -0.3 is 5.32 Å². The van der Waals surface area contributed by atoms with Gasteiger partial charge in [0, 0.05) is 19.6 Å². The zero-order valence-corrected chi connectivity index (χ0v) is 13.7. The largest absolute Gasteiger partial charge is 0.313 e. The van der Waals surface area contributed by atoms with Gasteiger partial charge in [-0.2, -0.15) is 0 Å². The molecular formula is C16H26N2O2S. The van der Waals surface area contributed by atoms with Crippen molar-refractivity contribution in [1.29, 1.82) is 0 Å². The topological polar surface area (TPSA) is 49.4 Å². The van der Waals surface area contributed by atoms with Gasteiger partial charge >= 0.3 is 0 Å². The monoisotopic (exact) mass is 310 g/mol. The molecule has 0 aliphatic carbocycles. The minimum absolute atomic E-state index is 0.120. The van der Waals surface area contributed by atoms with E-state index < -0.39 is 10.0 Å². The van der Waals surface area contributed by atoms with Crippen LogP contribution in [0.5, 0.6) is 0 Å². The number of benzene rings is 1. The molecule has 0 spiro atoms. The molecule has 5 heteroatoms. The van der Waals surface area contributed by atoms with Crippen LogP contribution < -0.4 is 5.32 Å². The number of sulfonamides is 1. The van der Waals surface area contributed by atoms with Crippen LogP contribution in [0, 0.1) is 0 Å². The molecule has 1 heterocycles. The molecule has 1 N–H and O–H groups in total. The van der Waals surface area contributed by atoms with E-state index in [1.807, 2.05) is 24.3 Å². The lowest BCUT2D eigenvalue weighted by Crippen LogP contribution is -2.32. The Morgan fingerprint density at radius 2 is 1.57 bits per heavy atom. The van der Waals surface area contributed by atoms with Crippen LogP contribution in [0.4, 0.5) is 0 Å². The number of nitrogens with one attached hydrogen (secondary N) is 1. The smallest absolute Gasteiger partial charge is 0.218 e. The zero-order valence-electron chi connectivity index (χ0n) is 12.8. The maximum absolute atomic E-state index is 12.5. The van der Waals surface area contributed by atoms with Crippen LogP contribution in [0.25, 0.3) is 0 Å². The summed E-state index contributed by atoms with van der Waals surface area (Å²) in [5.74, 6) is 0.120. The highest BCUT2D eigenvalue weighted by Crippen LogP contribution is 2.17. The maximum atomic E-state index is 12.5. The molecule has 0 radical (unpaired) electrons. The molecule has 1 fully saturated rings. The summed E-state index contributed by atoms with van der Waals surface area (Å²) in [5.41, 5.74) is 2.06. The van der Waals surface area contributed by atoms with Crippen LogP contribution in [0.3, 0.4) is 0 Å². The van der Waals surface area contributed by atoms with E-state index in [4.69, 9.17) is 0 Å². The second kappa shape index (κ2) is 7.92. The number of hydrogen-bond donors (Lipinski definition) is 1. The van der Waals surface area contributed by atoms with Gasteiger partial charge in [0.15, 0.2) is 0 Å². The van der Waals surface area contributed by atoms with Crippen molar-refractivity contribution in [3.8, 4) is 0 Å². The van der Waals surface area contributed by atoms with Crippen LogP contribution in [-0.4, -0.2) is 32.4 Å². The Morgan fingerprint density at radius 3 is 2.14 bits per heavy atom. The Bertz CT molecular complexity index is 518. The van der Waals surface area contributed by atoms with Gasteiger partial charge in [0.1, 0.15) is 0 Å². The lowest BCUT2D eigenvalue weighted by molar-refractivity contribution is 0.423. The molecule has 0 unspecified atom stereocenters. The summed E-state index contributed by atoms with van der Waals surface area (Å²) in [7, 11) is -3.17. The summed E-state index contributed by atoms with van der Waals surface area (Å²) in [6.07, 6.45) is 4.26. The van der Waals surface area contributed by atoms with E-state index in [0.717, 1.165) is 44.3 Å². The second-order valence-electron chi connectivity index (χ2n) is 5.67. The summed E-state index contributed by atoms with van der Waals surface area (Å²) >= 11 is 0. The summed E-state index contributed by atoms with van der Waals surface area (Å²) in [6, 6.07) is 7.88. The van der Waals surface area contributed by atoms with E-state index >= 15 is 0 Å². The third-order valence-corrected chi connectivity index (χ3v) is 5.76. The Hall–Kier alpha value is -0.910. The molecule has 0 atom stereocenters. The fourth-order valence-corrected chi connectivity index (χ4v) is 4.26. The molecule has 4 nitrogen and oxygen atoms in total. The molecule has 0 saturated carbocycles. The molecule has 118 valence electrons. The van der Waals surface area contributed by atoms with Crippen molar-refractivity contribution in [3.05, 3.63) is 35.4 Å². The average Bonchev–Trinajstić information content (AvgIpc) is 2.76. The van der Waals surface area contributed by atoms with Crippen molar-refractivity contribution in [3.63, 3.8) is 0 Å². The standard InChI is InChI=1S/C16H26N2O2S/c1-2-17-13-15-7-9-16(10-8-15)14-21(19,20)18-11-5-3-4-6-12-18/h7-10,17H,2-6,11-14H2,1H3. The van der Waals surface area contributed by atoms with Crippen LogP contribution in [-0.2, 0) is 22.3 Å². The van der Waals surface area contributed by atoms with Gasteiger partial charge in [0.05, 0.1) is 5.75 Å². The third-order valence-electron chi connectivity index (χ3n) is 3.91. The van der Waals surface area contributed by atoms with E-state index in [0.29, 0.717) is 13.1 Å². The highest BCUT2D eigenvalue weighted by Gasteiger charge is 2.23. The first-order valence-electron chi connectivity index (χ1n) is 7.88. The van der Waals surface area contributed by atoms with E-state index in [2.05, 4.69) is 12.2 Å². The van der Waals surface area contributed by atoms with Crippen LogP contribution >= 0.6 is 0 Å². The molecule has 0 aromatic heterocycles. The van der Waals surface area contributed by atoms with Gasteiger partial charge in [-0.25, -0.2) is 12.7 Å². The lowest BCUT2D eigenvalue weighted by Gasteiger charge is -2.20. The predicted molar refractivity (Wildman–Crippen MR) is 86.5 cm³/mol. The molecule has 21 heavy (non-hydrogen) atoms. The van der Waals surface area contributed by atoms with Gasteiger partial charge in [-0.1, -0.05) is 44.0 Å². The van der Waals surface area contributed by atoms with Gasteiger partial charge in [0.2, 0.25) is 10.0 Å². The van der Waals surface area contributed by atoms with Gasteiger partial charge in [-0.15, -0.1) is 0 Å². The quantitative estimate of drug-likeness (QED) is 0.878. The van der Waals surface area contributed by atoms with E-state index in [-0.39, 0.29) is 5.75 Å². The highest BCUT2D eigenvalue weighted by atomic mass is 32.2. The predicted octanol–water partition coefficient (Wildman–Crippen LogP) is 2.50. The third kappa shape index (κ3) is 5.09. The fourth-order valence-electron chi connectivity index (χ4n) is 2.64. The first kappa shape index (κ1) is 16.5. The summed E-state index contributed by atoms with van der Waals surface area (Å²) < 4.78 is 26.6. The number of nitrogens with zero attached hydrogens (tertiary/aromatic N) is 1. The number of rotatable bonds is 6. The Kier molecular flexibility index (Phi) is 6.21. The van der Waals surface area contributed by atoms with Crippen LogP contribution in [0.15, 0.2) is 24.3 Å². The Balaban J connectivity index is 1.98. The molecule has 1 aliphatic heterocycles. The molecular weight excluding hydrogens is 284 g/mol. The summed E-state index contributed by atoms with van der Waals surface area (Å²) in [6.45, 7) is 5.20. The molecule has 1 saturated heterocycles. The van der Waals surface area contributed by atoms with Crippen molar-refractivity contribution >= 4 is 10.0 Å². The lowest BCUT2D eigenvalue weighted by atomic mass is 10.1. The van der Waals surface area contributed by atoms with Crippen molar-refractivity contribution < 1.29 is 8.42 Å². The maximum Gasteiger partial charge on any atom is 0.218 e. The molecule has 0 amide bonds. The Labute approximate surface area is 128 Å². The molecule has 1 aromatic rings. The van der Waals surface area contributed by atoms with Crippen LogP contribution in [0.2, 0.25) is 0 Å². The number of hydrogen-bond acceptors (Lipinski definition) is 3. The molecule has 0 bridgehead atoms. The SMILES string of the molecule is CCNCc1ccc(CS(=O)(=O)N2CCCCCC2)cc1.